The van der Waals surface area contributed by atoms with E-state index in [1.165, 1.54) is 50.9 Å². The monoisotopic (exact) mass is 318 g/mol. The molecule has 1 fully saturated rings. The highest BCUT2D eigenvalue weighted by Gasteiger charge is 2.16. The molecule has 0 atom stereocenters. The minimum Gasteiger partial charge on any atom is -0.302 e. The first kappa shape index (κ1) is 18.2. The van der Waals surface area contributed by atoms with E-state index in [4.69, 9.17) is 0 Å². The number of likely N-dealkylation sites (tertiary alicyclic amines) is 1. The first-order chi connectivity index (χ1) is 11.1. The second-order valence-corrected chi connectivity index (χ2v) is 7.07. The van der Waals surface area contributed by atoms with Crippen LogP contribution >= 0.6 is 0 Å². The third-order valence-corrected chi connectivity index (χ3v) is 4.87. The lowest BCUT2D eigenvalue weighted by Crippen LogP contribution is -2.38. The third kappa shape index (κ3) is 5.78. The normalized spacial score (nSPS) is 16.9. The fourth-order valence-electron chi connectivity index (χ4n) is 3.31. The van der Waals surface area contributed by atoms with Gasteiger partial charge in [-0.25, -0.2) is 0 Å². The van der Waals surface area contributed by atoms with Gasteiger partial charge >= 0.3 is 0 Å². The molecule has 1 aliphatic heterocycles. The molecule has 1 aliphatic rings. The Morgan fingerprint density at radius 1 is 1.26 bits per heavy atom. The largest absolute Gasteiger partial charge is 0.302 e. The SMILES string of the molecule is C=CCn1cc(CN(CCN2CCCCCC2)C(C)C)c(C)n1. The quantitative estimate of drug-likeness (QED) is 0.686. The minimum atomic E-state index is 0.559. The fourth-order valence-corrected chi connectivity index (χ4v) is 3.31. The molecule has 2 rings (SSSR count). The van der Waals surface area contributed by atoms with Gasteiger partial charge in [0.2, 0.25) is 0 Å². The Bertz CT molecular complexity index is 470. The van der Waals surface area contributed by atoms with Crippen LogP contribution in [0.1, 0.15) is 50.8 Å². The van der Waals surface area contributed by atoms with E-state index >= 15 is 0 Å². The van der Waals surface area contributed by atoms with Crippen molar-refractivity contribution in [2.45, 2.75) is 65.6 Å². The number of aryl methyl sites for hydroxylation is 1. The second-order valence-electron chi connectivity index (χ2n) is 7.07. The maximum absolute atomic E-state index is 4.58. The molecule has 1 aromatic rings. The van der Waals surface area contributed by atoms with Crippen LogP contribution in [0, 0.1) is 6.92 Å². The molecule has 0 spiro atoms. The van der Waals surface area contributed by atoms with Gasteiger partial charge in [0.05, 0.1) is 12.2 Å². The van der Waals surface area contributed by atoms with Crippen LogP contribution in [0.15, 0.2) is 18.9 Å². The van der Waals surface area contributed by atoms with Gasteiger partial charge in [-0.2, -0.15) is 5.10 Å². The smallest absolute Gasteiger partial charge is 0.0638 e. The van der Waals surface area contributed by atoms with E-state index in [2.05, 4.69) is 48.4 Å². The minimum absolute atomic E-state index is 0.559. The van der Waals surface area contributed by atoms with Gasteiger partial charge in [-0.05, 0) is 46.7 Å². The van der Waals surface area contributed by atoms with Gasteiger partial charge in [0.15, 0.2) is 0 Å². The van der Waals surface area contributed by atoms with Crippen molar-refractivity contribution in [2.75, 3.05) is 26.2 Å². The molecule has 0 amide bonds. The number of aromatic nitrogens is 2. The van der Waals surface area contributed by atoms with Gasteiger partial charge in [-0.1, -0.05) is 18.9 Å². The molecule has 23 heavy (non-hydrogen) atoms. The Balaban J connectivity index is 1.91. The summed E-state index contributed by atoms with van der Waals surface area (Å²) in [5.41, 5.74) is 2.49. The average Bonchev–Trinajstić information content (AvgIpc) is 2.72. The van der Waals surface area contributed by atoms with Crippen LogP contribution in [0.5, 0.6) is 0 Å². The molecule has 1 saturated heterocycles. The van der Waals surface area contributed by atoms with Crippen molar-refractivity contribution in [1.29, 1.82) is 0 Å². The van der Waals surface area contributed by atoms with Gasteiger partial charge < -0.3 is 4.90 Å². The van der Waals surface area contributed by atoms with Crippen molar-refractivity contribution < 1.29 is 0 Å². The zero-order valence-electron chi connectivity index (χ0n) is 15.3. The van der Waals surface area contributed by atoms with Gasteiger partial charge in [0.25, 0.3) is 0 Å². The number of hydrogen-bond donors (Lipinski definition) is 0. The Kier molecular flexibility index (Phi) is 7.31. The molecule has 1 aromatic heterocycles. The molecule has 130 valence electrons. The summed E-state index contributed by atoms with van der Waals surface area (Å²) >= 11 is 0. The van der Waals surface area contributed by atoms with E-state index in [0.717, 1.165) is 25.3 Å². The van der Waals surface area contributed by atoms with E-state index in [1.807, 2.05) is 10.8 Å². The molecule has 0 aromatic carbocycles. The first-order valence-corrected chi connectivity index (χ1v) is 9.20. The van der Waals surface area contributed by atoms with Crippen molar-refractivity contribution in [3.05, 3.63) is 30.1 Å². The summed E-state index contributed by atoms with van der Waals surface area (Å²) in [6.45, 7) is 17.2. The highest BCUT2D eigenvalue weighted by atomic mass is 15.3. The molecule has 4 heteroatoms. The summed E-state index contributed by atoms with van der Waals surface area (Å²) in [6, 6.07) is 0.559. The highest BCUT2D eigenvalue weighted by Crippen LogP contribution is 2.14. The summed E-state index contributed by atoms with van der Waals surface area (Å²) in [5, 5.41) is 4.58. The van der Waals surface area contributed by atoms with Crippen molar-refractivity contribution in [3.63, 3.8) is 0 Å². The third-order valence-electron chi connectivity index (χ3n) is 4.87. The van der Waals surface area contributed by atoms with E-state index in [1.54, 1.807) is 0 Å². The maximum Gasteiger partial charge on any atom is 0.0638 e. The standard InChI is InChI=1S/C19H34N4/c1-5-10-23-16-19(18(4)20-23)15-22(17(2)3)14-13-21-11-8-6-7-9-12-21/h5,16-17H,1,6-15H2,2-4H3. The topological polar surface area (TPSA) is 24.3 Å². The zero-order valence-corrected chi connectivity index (χ0v) is 15.3. The van der Waals surface area contributed by atoms with Crippen LogP contribution in [0.25, 0.3) is 0 Å². The summed E-state index contributed by atoms with van der Waals surface area (Å²) in [5.74, 6) is 0. The van der Waals surface area contributed by atoms with Crippen LogP contribution in [-0.2, 0) is 13.1 Å². The molecule has 2 heterocycles. The molecular formula is C19H34N4. The highest BCUT2D eigenvalue weighted by molar-refractivity contribution is 5.15. The van der Waals surface area contributed by atoms with Gasteiger partial charge in [0.1, 0.15) is 0 Å². The lowest BCUT2D eigenvalue weighted by atomic mass is 10.2. The molecular weight excluding hydrogens is 284 g/mol. The molecule has 0 radical (unpaired) electrons. The number of allylic oxidation sites excluding steroid dienone is 1. The summed E-state index contributed by atoms with van der Waals surface area (Å²) < 4.78 is 1.99. The van der Waals surface area contributed by atoms with Crippen LogP contribution in [0.4, 0.5) is 0 Å². The maximum atomic E-state index is 4.58. The molecule has 0 aliphatic carbocycles. The molecule has 0 unspecified atom stereocenters. The molecule has 4 nitrogen and oxygen atoms in total. The number of hydrogen-bond acceptors (Lipinski definition) is 3. The molecule has 0 N–H and O–H groups in total. The number of rotatable bonds is 8. The fraction of sp³-hybridized carbons (Fsp3) is 0.737. The average molecular weight is 319 g/mol. The van der Waals surface area contributed by atoms with E-state index < -0.39 is 0 Å². The van der Waals surface area contributed by atoms with Crippen molar-refractivity contribution in [2.24, 2.45) is 0 Å². The van der Waals surface area contributed by atoms with Crippen LogP contribution in [0.2, 0.25) is 0 Å². The van der Waals surface area contributed by atoms with Gasteiger partial charge in [0, 0.05) is 37.4 Å². The Morgan fingerprint density at radius 3 is 2.57 bits per heavy atom. The second kappa shape index (κ2) is 9.24. The van der Waals surface area contributed by atoms with Crippen molar-refractivity contribution >= 4 is 0 Å². The number of nitrogens with zero attached hydrogens (tertiary/aromatic N) is 4. The first-order valence-electron chi connectivity index (χ1n) is 9.20. The van der Waals surface area contributed by atoms with Crippen molar-refractivity contribution in [3.8, 4) is 0 Å². The molecule has 0 bridgehead atoms. The Labute approximate surface area is 142 Å². The lowest BCUT2D eigenvalue weighted by molar-refractivity contribution is 0.170. The van der Waals surface area contributed by atoms with Crippen molar-refractivity contribution in [1.82, 2.24) is 19.6 Å². The Hall–Kier alpha value is -1.13. The summed E-state index contributed by atoms with van der Waals surface area (Å²) in [6.07, 6.45) is 9.64. The molecule has 0 saturated carbocycles. The zero-order chi connectivity index (χ0) is 16.7. The summed E-state index contributed by atoms with van der Waals surface area (Å²) in [4.78, 5) is 5.23. The van der Waals surface area contributed by atoms with Crippen LogP contribution in [-0.4, -0.2) is 51.8 Å². The lowest BCUT2D eigenvalue weighted by Gasteiger charge is -2.29. The van der Waals surface area contributed by atoms with E-state index in [9.17, 15) is 0 Å². The van der Waals surface area contributed by atoms with Gasteiger partial charge in [-0.15, -0.1) is 6.58 Å². The van der Waals surface area contributed by atoms with E-state index in [0.29, 0.717) is 6.04 Å². The van der Waals surface area contributed by atoms with Gasteiger partial charge in [-0.3, -0.25) is 9.58 Å². The Morgan fingerprint density at radius 2 is 1.96 bits per heavy atom. The summed E-state index contributed by atoms with van der Waals surface area (Å²) in [7, 11) is 0. The predicted octanol–water partition coefficient (Wildman–Crippen LogP) is 3.46. The van der Waals surface area contributed by atoms with Crippen LogP contribution < -0.4 is 0 Å². The van der Waals surface area contributed by atoms with Crippen LogP contribution in [0.3, 0.4) is 0 Å². The van der Waals surface area contributed by atoms with E-state index in [-0.39, 0.29) is 0 Å². The predicted molar refractivity (Wildman–Crippen MR) is 97.6 cm³/mol.